The molecule has 0 atom stereocenters. The SMILES string of the molecule is COc1cc(O)ccc1C(=O)N1CCN(C)CC1.COc1cc(OCc2ccccc2)ccc1C(=O)N1CCN(C)CC1. The van der Waals surface area contributed by atoms with Gasteiger partial charge in [-0.25, -0.2) is 0 Å². The van der Waals surface area contributed by atoms with Crippen molar-refractivity contribution in [1.29, 1.82) is 0 Å². The van der Waals surface area contributed by atoms with Gasteiger partial charge in [0.25, 0.3) is 11.8 Å². The summed E-state index contributed by atoms with van der Waals surface area (Å²) in [5.74, 6) is 1.73. The Morgan fingerprint density at radius 3 is 1.67 bits per heavy atom. The molecular weight excluding hydrogens is 548 g/mol. The number of piperazine rings is 2. The number of phenolic OH excluding ortho intramolecular Hbond substituents is 1. The topological polar surface area (TPSA) is 95.0 Å². The highest BCUT2D eigenvalue weighted by Gasteiger charge is 2.24. The van der Waals surface area contributed by atoms with Gasteiger partial charge in [-0.05, 0) is 43.9 Å². The largest absolute Gasteiger partial charge is 0.508 e. The molecule has 5 rings (SSSR count). The summed E-state index contributed by atoms with van der Waals surface area (Å²) < 4.78 is 16.4. The van der Waals surface area contributed by atoms with E-state index in [1.807, 2.05) is 53.2 Å². The van der Waals surface area contributed by atoms with Crippen molar-refractivity contribution in [2.75, 3.05) is 80.7 Å². The van der Waals surface area contributed by atoms with Gasteiger partial charge in [0.2, 0.25) is 0 Å². The van der Waals surface area contributed by atoms with E-state index in [0.29, 0.717) is 35.0 Å². The fraction of sp³-hybridized carbons (Fsp3) is 0.394. The van der Waals surface area contributed by atoms with Crippen LogP contribution in [-0.4, -0.2) is 117 Å². The van der Waals surface area contributed by atoms with Crippen molar-refractivity contribution in [2.24, 2.45) is 0 Å². The Labute approximate surface area is 254 Å². The number of rotatable bonds is 7. The number of phenols is 1. The van der Waals surface area contributed by atoms with Crippen LogP contribution >= 0.6 is 0 Å². The molecule has 2 amide bonds. The monoisotopic (exact) mass is 590 g/mol. The number of carbonyl (C=O) groups is 2. The molecule has 2 saturated heterocycles. The standard InChI is InChI=1S/C20H24N2O3.C13H18N2O3/c1-21-10-12-22(13-11-21)20(23)18-9-8-17(14-19(18)24-2)25-15-16-6-4-3-5-7-16;1-14-5-7-15(8-6-14)13(17)11-4-3-10(16)9-12(11)18-2/h3-9,14H,10-13,15H2,1-2H3;3-4,9,16H,5-8H2,1-2H3. The normalized spacial score (nSPS) is 15.7. The average Bonchev–Trinajstić information content (AvgIpc) is 3.04. The first kappa shape index (κ1) is 31.7. The molecule has 0 radical (unpaired) electrons. The van der Waals surface area contributed by atoms with E-state index in [9.17, 15) is 14.7 Å². The van der Waals surface area contributed by atoms with E-state index in [1.54, 1.807) is 25.3 Å². The zero-order valence-electron chi connectivity index (χ0n) is 25.5. The van der Waals surface area contributed by atoms with Gasteiger partial charge < -0.3 is 38.9 Å². The minimum Gasteiger partial charge on any atom is -0.508 e. The molecule has 0 aliphatic carbocycles. The first-order valence-electron chi connectivity index (χ1n) is 14.5. The number of amides is 2. The van der Waals surface area contributed by atoms with Crippen LogP contribution in [0.2, 0.25) is 0 Å². The van der Waals surface area contributed by atoms with Gasteiger partial charge >= 0.3 is 0 Å². The van der Waals surface area contributed by atoms with Crippen LogP contribution in [0.1, 0.15) is 26.3 Å². The van der Waals surface area contributed by atoms with E-state index < -0.39 is 0 Å². The van der Waals surface area contributed by atoms with Crippen molar-refractivity contribution < 1.29 is 28.9 Å². The van der Waals surface area contributed by atoms with Gasteiger partial charge in [0.05, 0.1) is 25.3 Å². The van der Waals surface area contributed by atoms with Gasteiger partial charge in [-0.1, -0.05) is 30.3 Å². The van der Waals surface area contributed by atoms with Gasteiger partial charge in [0.15, 0.2) is 0 Å². The lowest BCUT2D eigenvalue weighted by molar-refractivity contribution is 0.0653. The number of benzene rings is 3. The molecule has 43 heavy (non-hydrogen) atoms. The van der Waals surface area contributed by atoms with Crippen molar-refractivity contribution in [2.45, 2.75) is 6.61 Å². The molecule has 0 spiro atoms. The van der Waals surface area contributed by atoms with Crippen LogP contribution in [0.5, 0.6) is 23.0 Å². The van der Waals surface area contributed by atoms with E-state index in [-0.39, 0.29) is 17.6 Å². The van der Waals surface area contributed by atoms with Crippen LogP contribution in [0.25, 0.3) is 0 Å². The van der Waals surface area contributed by atoms with Gasteiger partial charge in [-0.15, -0.1) is 0 Å². The van der Waals surface area contributed by atoms with E-state index in [1.165, 1.54) is 19.2 Å². The Hall–Kier alpha value is -4.28. The molecule has 2 heterocycles. The maximum Gasteiger partial charge on any atom is 0.257 e. The fourth-order valence-corrected chi connectivity index (χ4v) is 4.90. The number of ether oxygens (including phenoxy) is 3. The Morgan fingerprint density at radius 1 is 0.674 bits per heavy atom. The van der Waals surface area contributed by atoms with E-state index in [4.69, 9.17) is 14.2 Å². The van der Waals surface area contributed by atoms with Gasteiger partial charge in [-0.3, -0.25) is 9.59 Å². The molecule has 0 aromatic heterocycles. The van der Waals surface area contributed by atoms with Crippen molar-refractivity contribution in [3.05, 3.63) is 83.4 Å². The summed E-state index contributed by atoms with van der Waals surface area (Å²) in [6, 6.07) is 20.0. The first-order valence-corrected chi connectivity index (χ1v) is 14.5. The van der Waals surface area contributed by atoms with Crippen LogP contribution < -0.4 is 14.2 Å². The highest BCUT2D eigenvalue weighted by molar-refractivity contribution is 5.97. The first-order chi connectivity index (χ1) is 20.8. The molecule has 2 fully saturated rings. The molecular formula is C33H42N4O6. The molecule has 3 aromatic rings. The van der Waals surface area contributed by atoms with Crippen molar-refractivity contribution >= 4 is 11.8 Å². The smallest absolute Gasteiger partial charge is 0.257 e. The van der Waals surface area contributed by atoms with Crippen LogP contribution in [0.4, 0.5) is 0 Å². The summed E-state index contributed by atoms with van der Waals surface area (Å²) in [5.41, 5.74) is 2.18. The van der Waals surface area contributed by atoms with E-state index in [0.717, 1.165) is 57.9 Å². The molecule has 0 bridgehead atoms. The third-order valence-corrected chi connectivity index (χ3v) is 7.65. The molecule has 2 aliphatic rings. The lowest BCUT2D eigenvalue weighted by atomic mass is 10.1. The highest BCUT2D eigenvalue weighted by Crippen LogP contribution is 2.27. The van der Waals surface area contributed by atoms with Crippen LogP contribution in [0.3, 0.4) is 0 Å². The second kappa shape index (κ2) is 15.3. The lowest BCUT2D eigenvalue weighted by Crippen LogP contribution is -2.47. The minimum absolute atomic E-state index is 0.0135. The highest BCUT2D eigenvalue weighted by atomic mass is 16.5. The molecule has 2 aliphatic heterocycles. The Morgan fingerprint density at radius 2 is 1.16 bits per heavy atom. The number of aromatic hydroxyl groups is 1. The maximum absolute atomic E-state index is 12.8. The number of hydrogen-bond donors (Lipinski definition) is 1. The number of carbonyl (C=O) groups excluding carboxylic acids is 2. The second-order valence-electron chi connectivity index (χ2n) is 10.7. The Bertz CT molecular complexity index is 1350. The molecule has 10 heteroatoms. The zero-order valence-corrected chi connectivity index (χ0v) is 25.5. The van der Waals surface area contributed by atoms with Gasteiger partial charge in [0.1, 0.15) is 29.6 Å². The van der Waals surface area contributed by atoms with Gasteiger partial charge in [0, 0.05) is 64.5 Å². The summed E-state index contributed by atoms with van der Waals surface area (Å²) in [6.45, 7) is 6.96. The van der Waals surface area contributed by atoms with Crippen molar-refractivity contribution in [1.82, 2.24) is 19.6 Å². The van der Waals surface area contributed by atoms with Gasteiger partial charge in [-0.2, -0.15) is 0 Å². The predicted octanol–water partition coefficient (Wildman–Crippen LogP) is 3.45. The summed E-state index contributed by atoms with van der Waals surface area (Å²) in [5, 5.41) is 9.38. The van der Waals surface area contributed by atoms with Crippen LogP contribution in [-0.2, 0) is 6.61 Å². The summed E-state index contributed by atoms with van der Waals surface area (Å²) in [6.07, 6.45) is 0. The van der Waals surface area contributed by atoms with Crippen LogP contribution in [0, 0.1) is 0 Å². The van der Waals surface area contributed by atoms with Crippen LogP contribution in [0.15, 0.2) is 66.7 Å². The van der Waals surface area contributed by atoms with E-state index >= 15 is 0 Å². The number of methoxy groups -OCH3 is 2. The average molecular weight is 591 g/mol. The summed E-state index contributed by atoms with van der Waals surface area (Å²) in [7, 11) is 7.19. The summed E-state index contributed by atoms with van der Waals surface area (Å²) >= 11 is 0. The second-order valence-corrected chi connectivity index (χ2v) is 10.7. The fourth-order valence-electron chi connectivity index (χ4n) is 4.90. The Kier molecular flexibility index (Phi) is 11.2. The molecule has 3 aromatic carbocycles. The van der Waals surface area contributed by atoms with Crippen molar-refractivity contribution in [3.8, 4) is 23.0 Å². The molecule has 230 valence electrons. The Balaban J connectivity index is 0.000000208. The lowest BCUT2D eigenvalue weighted by Gasteiger charge is -2.32. The predicted molar refractivity (Wildman–Crippen MR) is 165 cm³/mol. The molecule has 10 nitrogen and oxygen atoms in total. The zero-order chi connectivity index (χ0) is 30.8. The third-order valence-electron chi connectivity index (χ3n) is 7.65. The van der Waals surface area contributed by atoms with E-state index in [2.05, 4.69) is 16.8 Å². The van der Waals surface area contributed by atoms with Crippen molar-refractivity contribution in [3.63, 3.8) is 0 Å². The molecule has 0 unspecified atom stereocenters. The summed E-state index contributed by atoms with van der Waals surface area (Å²) in [4.78, 5) is 33.2. The quantitative estimate of drug-likeness (QED) is 0.447. The third kappa shape index (κ3) is 8.62. The number of hydrogen-bond acceptors (Lipinski definition) is 8. The number of likely N-dealkylation sites (N-methyl/N-ethyl adjacent to an activating group) is 2. The molecule has 0 saturated carbocycles. The number of nitrogens with zero attached hydrogens (tertiary/aromatic N) is 4. The minimum atomic E-state index is -0.0417. The molecule has 1 N–H and O–H groups in total. The maximum atomic E-state index is 12.8.